The molecule has 4 rings (SSSR count). The number of aliphatic hydroxyl groups is 1. The Balaban J connectivity index is 2.15. The lowest BCUT2D eigenvalue weighted by Crippen LogP contribution is -1.95. The van der Waals surface area contributed by atoms with Crippen molar-refractivity contribution < 1.29 is 5.11 Å². The molecule has 0 bridgehead atoms. The van der Waals surface area contributed by atoms with Crippen molar-refractivity contribution in [2.75, 3.05) is 0 Å². The molecule has 0 saturated heterocycles. The van der Waals surface area contributed by atoms with Crippen LogP contribution in [-0.4, -0.2) is 9.67 Å². The number of hydrogen-bond acceptors (Lipinski definition) is 1. The zero-order valence-corrected chi connectivity index (χ0v) is 13.4. The number of aryl methyl sites for hydroxylation is 2. The Morgan fingerprint density at radius 3 is 1.96 bits per heavy atom. The summed E-state index contributed by atoms with van der Waals surface area (Å²) in [7, 11) is 0. The highest BCUT2D eigenvalue weighted by Crippen LogP contribution is 2.33. The lowest BCUT2D eigenvalue weighted by molar-refractivity contribution is 0.282. The quantitative estimate of drug-likeness (QED) is 0.560. The van der Waals surface area contributed by atoms with E-state index in [1.165, 1.54) is 32.9 Å². The first-order chi connectivity index (χ1) is 11.2. The van der Waals surface area contributed by atoms with Crippen molar-refractivity contribution in [3.05, 3.63) is 77.4 Å². The third-order valence-corrected chi connectivity index (χ3v) is 4.43. The van der Waals surface area contributed by atoms with E-state index in [1.807, 2.05) is 12.1 Å². The third-order valence-electron chi connectivity index (χ3n) is 4.43. The van der Waals surface area contributed by atoms with Gasteiger partial charge in [-0.1, -0.05) is 35.4 Å². The van der Waals surface area contributed by atoms with Gasteiger partial charge in [0.1, 0.15) is 0 Å². The molecule has 1 aromatic heterocycles. The largest absolute Gasteiger partial charge is 0.392 e. The zero-order chi connectivity index (χ0) is 16.0. The summed E-state index contributed by atoms with van der Waals surface area (Å²) in [5, 5.41) is 12.0. The van der Waals surface area contributed by atoms with Crippen molar-refractivity contribution in [2.45, 2.75) is 20.5 Å². The first-order valence-corrected chi connectivity index (χ1v) is 7.89. The monoisotopic (exact) mass is 301 g/mol. The molecule has 0 saturated carbocycles. The van der Waals surface area contributed by atoms with Gasteiger partial charge in [-0.25, -0.2) is 0 Å². The molecule has 2 nitrogen and oxygen atoms in total. The molecule has 0 spiro atoms. The van der Waals surface area contributed by atoms with Crippen molar-refractivity contribution in [3.8, 4) is 5.69 Å². The van der Waals surface area contributed by atoms with Gasteiger partial charge in [-0.05, 0) is 55.8 Å². The maximum absolute atomic E-state index is 9.45. The highest BCUT2D eigenvalue weighted by atomic mass is 16.3. The normalized spacial score (nSPS) is 11.4. The molecule has 3 aromatic carbocycles. The van der Waals surface area contributed by atoms with Crippen molar-refractivity contribution in [1.29, 1.82) is 0 Å². The van der Waals surface area contributed by atoms with Crippen LogP contribution in [-0.2, 0) is 6.61 Å². The molecule has 0 unspecified atom stereocenters. The second kappa shape index (κ2) is 5.25. The number of hydrogen-bond donors (Lipinski definition) is 1. The van der Waals surface area contributed by atoms with Gasteiger partial charge in [-0.15, -0.1) is 0 Å². The van der Waals surface area contributed by atoms with Gasteiger partial charge in [0.25, 0.3) is 0 Å². The highest BCUT2D eigenvalue weighted by molar-refractivity contribution is 6.09. The fourth-order valence-electron chi connectivity index (χ4n) is 3.32. The van der Waals surface area contributed by atoms with Crippen LogP contribution in [0.5, 0.6) is 0 Å². The fourth-order valence-corrected chi connectivity index (χ4v) is 3.32. The van der Waals surface area contributed by atoms with Crippen LogP contribution in [0.15, 0.2) is 60.7 Å². The van der Waals surface area contributed by atoms with Crippen LogP contribution in [0.25, 0.3) is 27.5 Å². The Morgan fingerprint density at radius 2 is 1.39 bits per heavy atom. The summed E-state index contributed by atoms with van der Waals surface area (Å²) in [6, 6.07) is 21.3. The topological polar surface area (TPSA) is 25.2 Å². The minimum Gasteiger partial charge on any atom is -0.392 e. The van der Waals surface area contributed by atoms with Crippen LogP contribution in [0.3, 0.4) is 0 Å². The summed E-state index contributed by atoms with van der Waals surface area (Å²) >= 11 is 0. The number of benzene rings is 3. The van der Waals surface area contributed by atoms with E-state index in [-0.39, 0.29) is 6.61 Å². The molecular weight excluding hydrogens is 282 g/mol. The van der Waals surface area contributed by atoms with Gasteiger partial charge >= 0.3 is 0 Å². The predicted molar refractivity (Wildman–Crippen MR) is 96.2 cm³/mol. The summed E-state index contributed by atoms with van der Waals surface area (Å²) in [6.45, 7) is 4.32. The maximum atomic E-state index is 9.45. The molecule has 0 amide bonds. The van der Waals surface area contributed by atoms with E-state index in [4.69, 9.17) is 0 Å². The predicted octanol–water partition coefficient (Wildman–Crippen LogP) is 4.89. The van der Waals surface area contributed by atoms with E-state index in [0.29, 0.717) is 0 Å². The lowest BCUT2D eigenvalue weighted by Gasteiger charge is -2.09. The van der Waals surface area contributed by atoms with E-state index < -0.39 is 0 Å². The molecule has 2 heteroatoms. The summed E-state index contributed by atoms with van der Waals surface area (Å²) in [6.07, 6.45) is 0. The van der Waals surface area contributed by atoms with Gasteiger partial charge in [-0.3, -0.25) is 0 Å². The summed E-state index contributed by atoms with van der Waals surface area (Å²) in [5.74, 6) is 0. The van der Waals surface area contributed by atoms with Crippen molar-refractivity contribution in [2.24, 2.45) is 0 Å². The van der Waals surface area contributed by atoms with Crippen LogP contribution in [0, 0.1) is 13.8 Å². The van der Waals surface area contributed by atoms with Crippen molar-refractivity contribution in [1.82, 2.24) is 4.57 Å². The van der Waals surface area contributed by atoms with E-state index in [9.17, 15) is 5.11 Å². The molecule has 0 aliphatic carbocycles. The molecule has 0 atom stereocenters. The van der Waals surface area contributed by atoms with E-state index >= 15 is 0 Å². The Labute approximate surface area is 135 Å². The first kappa shape index (κ1) is 14.0. The summed E-state index contributed by atoms with van der Waals surface area (Å²) in [5.41, 5.74) is 6.95. The number of fused-ring (bicyclic) bond motifs is 3. The van der Waals surface area contributed by atoms with Crippen LogP contribution >= 0.6 is 0 Å². The van der Waals surface area contributed by atoms with Crippen LogP contribution < -0.4 is 0 Å². The van der Waals surface area contributed by atoms with Crippen LogP contribution in [0.4, 0.5) is 0 Å². The molecule has 114 valence electrons. The van der Waals surface area contributed by atoms with Crippen LogP contribution in [0.2, 0.25) is 0 Å². The molecule has 0 aliphatic heterocycles. The van der Waals surface area contributed by atoms with Crippen molar-refractivity contribution >= 4 is 21.8 Å². The summed E-state index contributed by atoms with van der Waals surface area (Å²) < 4.78 is 2.28. The minimum absolute atomic E-state index is 0.0587. The Kier molecular flexibility index (Phi) is 3.21. The SMILES string of the molecule is Cc1ccc2c(c1)c1cc(C)ccc1n2-c1cccc(CO)c1. The molecule has 1 N–H and O–H groups in total. The minimum atomic E-state index is 0.0587. The fraction of sp³-hybridized carbons (Fsp3) is 0.143. The summed E-state index contributed by atoms with van der Waals surface area (Å²) in [4.78, 5) is 0. The second-order valence-corrected chi connectivity index (χ2v) is 6.20. The highest BCUT2D eigenvalue weighted by Gasteiger charge is 2.12. The van der Waals surface area contributed by atoms with Gasteiger partial charge in [0, 0.05) is 16.5 Å². The average molecular weight is 301 g/mol. The van der Waals surface area contributed by atoms with E-state index in [2.05, 4.69) is 66.9 Å². The molecular formula is C21H19NO. The smallest absolute Gasteiger partial charge is 0.0682 e. The molecule has 4 aromatic rings. The van der Waals surface area contributed by atoms with Crippen molar-refractivity contribution in [3.63, 3.8) is 0 Å². The maximum Gasteiger partial charge on any atom is 0.0682 e. The number of nitrogens with zero attached hydrogens (tertiary/aromatic N) is 1. The van der Waals surface area contributed by atoms with Gasteiger partial charge < -0.3 is 9.67 Å². The Morgan fingerprint density at radius 1 is 0.783 bits per heavy atom. The average Bonchev–Trinajstić information content (AvgIpc) is 2.88. The molecule has 23 heavy (non-hydrogen) atoms. The number of rotatable bonds is 2. The Hall–Kier alpha value is -2.58. The molecule has 0 fully saturated rings. The molecule has 1 heterocycles. The van der Waals surface area contributed by atoms with Gasteiger partial charge in [0.15, 0.2) is 0 Å². The van der Waals surface area contributed by atoms with Gasteiger partial charge in [-0.2, -0.15) is 0 Å². The van der Waals surface area contributed by atoms with Crippen LogP contribution in [0.1, 0.15) is 16.7 Å². The third kappa shape index (κ3) is 2.23. The standard InChI is InChI=1S/C21H19NO/c1-14-6-8-20-18(10-14)19-11-15(2)7-9-21(19)22(20)17-5-3-4-16(12-17)13-23/h3-12,23H,13H2,1-2H3. The van der Waals surface area contributed by atoms with E-state index in [0.717, 1.165) is 11.3 Å². The number of aromatic nitrogens is 1. The van der Waals surface area contributed by atoms with Gasteiger partial charge in [0.2, 0.25) is 0 Å². The number of aliphatic hydroxyl groups excluding tert-OH is 1. The molecule has 0 radical (unpaired) electrons. The lowest BCUT2D eigenvalue weighted by atomic mass is 10.1. The molecule has 0 aliphatic rings. The van der Waals surface area contributed by atoms with E-state index in [1.54, 1.807) is 0 Å². The first-order valence-electron chi connectivity index (χ1n) is 7.89. The zero-order valence-electron chi connectivity index (χ0n) is 13.4. The van der Waals surface area contributed by atoms with Gasteiger partial charge in [0.05, 0.1) is 17.6 Å². The Bertz CT molecular complexity index is 968. The second-order valence-electron chi connectivity index (χ2n) is 6.20.